The summed E-state index contributed by atoms with van der Waals surface area (Å²) in [5, 5.41) is 0. The number of piperidine rings is 1. The number of nitrogens with zero attached hydrogens (tertiary/aromatic N) is 3. The van der Waals surface area contributed by atoms with E-state index in [1.54, 1.807) is 25.1 Å². The number of aryl methyl sites for hydroxylation is 1. The van der Waals surface area contributed by atoms with E-state index in [-0.39, 0.29) is 35.1 Å². The van der Waals surface area contributed by atoms with E-state index >= 15 is 0 Å². The molecule has 0 spiro atoms. The van der Waals surface area contributed by atoms with Crippen LogP contribution in [0.15, 0.2) is 58.2 Å². The van der Waals surface area contributed by atoms with Gasteiger partial charge in [0.2, 0.25) is 10.0 Å². The van der Waals surface area contributed by atoms with Gasteiger partial charge in [-0.3, -0.25) is 18.8 Å². The van der Waals surface area contributed by atoms with Gasteiger partial charge in [-0.05, 0) is 57.4 Å². The molecule has 34 heavy (non-hydrogen) atoms. The molecule has 1 aliphatic rings. The van der Waals surface area contributed by atoms with Crippen LogP contribution in [0, 0.1) is 6.92 Å². The molecule has 0 saturated carbocycles. The van der Waals surface area contributed by atoms with Crippen LogP contribution in [0.4, 0.5) is 0 Å². The van der Waals surface area contributed by atoms with Crippen molar-refractivity contribution < 1.29 is 22.7 Å². The van der Waals surface area contributed by atoms with E-state index in [2.05, 4.69) is 4.98 Å². The Morgan fingerprint density at radius 1 is 1.12 bits per heavy atom. The molecule has 3 heterocycles. The van der Waals surface area contributed by atoms with Crippen molar-refractivity contribution in [2.75, 3.05) is 6.54 Å². The number of Topliss-reactive ketones (excluding diaryl/α,β-unsaturated/α-hetero) is 1. The summed E-state index contributed by atoms with van der Waals surface area (Å²) >= 11 is 0. The summed E-state index contributed by atoms with van der Waals surface area (Å²) in [5.74, 6) is -0.852. The second kappa shape index (κ2) is 9.47. The fourth-order valence-electron chi connectivity index (χ4n) is 4.10. The van der Waals surface area contributed by atoms with Gasteiger partial charge < -0.3 is 4.74 Å². The Labute approximate surface area is 197 Å². The minimum Gasteiger partial charge on any atom is -0.458 e. The maximum absolute atomic E-state index is 13.3. The van der Waals surface area contributed by atoms with Gasteiger partial charge in [0.1, 0.15) is 18.3 Å². The molecule has 4 rings (SSSR count). The Kier molecular flexibility index (Phi) is 6.63. The van der Waals surface area contributed by atoms with E-state index < -0.39 is 22.0 Å². The van der Waals surface area contributed by atoms with Crippen molar-refractivity contribution in [1.82, 2.24) is 13.7 Å². The Bertz CT molecular complexity index is 1410. The Morgan fingerprint density at radius 2 is 1.85 bits per heavy atom. The van der Waals surface area contributed by atoms with Crippen molar-refractivity contribution in [1.29, 1.82) is 0 Å². The summed E-state index contributed by atoms with van der Waals surface area (Å²) in [6.07, 6.45) is 1.64. The Morgan fingerprint density at radius 3 is 2.56 bits per heavy atom. The van der Waals surface area contributed by atoms with Crippen LogP contribution in [0.25, 0.3) is 5.65 Å². The first kappa shape index (κ1) is 23.8. The second-order valence-corrected chi connectivity index (χ2v) is 10.2. The Balaban J connectivity index is 1.53. The lowest BCUT2D eigenvalue weighted by molar-refractivity contribution is -0.150. The molecule has 10 heteroatoms. The molecule has 0 radical (unpaired) electrons. The van der Waals surface area contributed by atoms with Crippen LogP contribution < -0.4 is 5.56 Å². The van der Waals surface area contributed by atoms with Crippen LogP contribution in [0.2, 0.25) is 0 Å². The van der Waals surface area contributed by atoms with Gasteiger partial charge in [-0.25, -0.2) is 13.4 Å². The molecule has 178 valence electrons. The molecule has 0 amide bonds. The number of sulfonamides is 1. The lowest BCUT2D eigenvalue weighted by atomic mass is 10.1. The molecule has 3 aromatic rings. The van der Waals surface area contributed by atoms with Crippen molar-refractivity contribution in [2.24, 2.45) is 0 Å². The number of ketones is 1. The number of ether oxygens (including phenoxy) is 1. The van der Waals surface area contributed by atoms with Crippen molar-refractivity contribution in [3.63, 3.8) is 0 Å². The fourth-order valence-corrected chi connectivity index (χ4v) is 5.75. The van der Waals surface area contributed by atoms with E-state index in [1.165, 1.54) is 41.7 Å². The molecule has 1 atom stereocenters. The molecule has 0 aliphatic carbocycles. The monoisotopic (exact) mass is 483 g/mol. The highest BCUT2D eigenvalue weighted by Crippen LogP contribution is 2.26. The summed E-state index contributed by atoms with van der Waals surface area (Å²) in [7, 11) is -3.97. The number of hydrogen-bond donors (Lipinski definition) is 0. The zero-order valence-corrected chi connectivity index (χ0v) is 19.7. The van der Waals surface area contributed by atoms with E-state index in [0.29, 0.717) is 30.5 Å². The molecule has 1 fully saturated rings. The predicted octanol–water partition coefficient (Wildman–Crippen LogP) is 2.49. The largest absolute Gasteiger partial charge is 0.458 e. The van der Waals surface area contributed by atoms with Crippen LogP contribution >= 0.6 is 0 Å². The van der Waals surface area contributed by atoms with Crippen molar-refractivity contribution in [2.45, 2.75) is 50.7 Å². The first-order valence-electron chi connectivity index (χ1n) is 11.0. The fraction of sp³-hybridized carbons (Fsp3) is 0.333. The summed E-state index contributed by atoms with van der Waals surface area (Å²) in [5.41, 5.74) is 1.58. The highest BCUT2D eigenvalue weighted by Gasteiger charge is 2.38. The lowest BCUT2D eigenvalue weighted by Gasteiger charge is -2.33. The lowest BCUT2D eigenvalue weighted by Crippen LogP contribution is -2.48. The van der Waals surface area contributed by atoms with Crippen LogP contribution in [0.3, 0.4) is 0 Å². The number of benzene rings is 1. The SMILES string of the molecule is CC(=O)c1ccc(S(=O)(=O)N2CCCCC2C(=O)OCc2cc(=O)n3c(C)cccc3n2)cc1. The molecule has 1 aliphatic heterocycles. The summed E-state index contributed by atoms with van der Waals surface area (Å²) in [4.78, 5) is 41.3. The van der Waals surface area contributed by atoms with Gasteiger partial charge >= 0.3 is 5.97 Å². The van der Waals surface area contributed by atoms with Gasteiger partial charge in [0.05, 0.1) is 10.6 Å². The maximum Gasteiger partial charge on any atom is 0.324 e. The standard InChI is InChI=1S/C24H25N3O6S/c1-16-6-5-8-22-25-19(14-23(29)27(16)22)15-33-24(30)21-7-3-4-13-26(21)34(31,32)20-11-9-18(10-12-20)17(2)28/h5-6,8-12,14,21H,3-4,7,13,15H2,1-2H3. The molecule has 0 N–H and O–H groups in total. The van der Waals surface area contributed by atoms with Gasteiger partial charge in [0, 0.05) is 23.9 Å². The van der Waals surface area contributed by atoms with Crippen molar-refractivity contribution in [3.8, 4) is 0 Å². The minimum absolute atomic E-state index is 0.0109. The smallest absolute Gasteiger partial charge is 0.324 e. The topological polar surface area (TPSA) is 115 Å². The summed E-state index contributed by atoms with van der Waals surface area (Å²) in [6.45, 7) is 3.14. The Hall–Kier alpha value is -3.37. The third kappa shape index (κ3) is 4.64. The molecular weight excluding hydrogens is 458 g/mol. The normalized spacial score (nSPS) is 16.9. The molecular formula is C24H25N3O6S. The van der Waals surface area contributed by atoms with E-state index in [1.807, 2.05) is 0 Å². The number of hydrogen-bond acceptors (Lipinski definition) is 7. The molecule has 1 aromatic carbocycles. The number of fused-ring (bicyclic) bond motifs is 1. The number of pyridine rings is 1. The number of aromatic nitrogens is 2. The number of carbonyl (C=O) groups is 2. The number of esters is 1. The average molecular weight is 484 g/mol. The highest BCUT2D eigenvalue weighted by atomic mass is 32.2. The first-order chi connectivity index (χ1) is 16.2. The van der Waals surface area contributed by atoms with Crippen molar-refractivity contribution in [3.05, 3.63) is 75.8 Å². The molecule has 1 unspecified atom stereocenters. The van der Waals surface area contributed by atoms with E-state index in [9.17, 15) is 22.8 Å². The molecule has 2 aromatic heterocycles. The van der Waals surface area contributed by atoms with Crippen LogP contribution in [0.5, 0.6) is 0 Å². The van der Waals surface area contributed by atoms with Crippen LogP contribution in [-0.4, -0.2) is 46.4 Å². The quantitative estimate of drug-likeness (QED) is 0.391. The van der Waals surface area contributed by atoms with Gasteiger partial charge in [0.15, 0.2) is 5.78 Å². The molecule has 9 nitrogen and oxygen atoms in total. The molecule has 0 bridgehead atoms. The summed E-state index contributed by atoms with van der Waals surface area (Å²) < 4.78 is 34.5. The zero-order valence-electron chi connectivity index (χ0n) is 18.9. The van der Waals surface area contributed by atoms with Crippen LogP contribution in [-0.2, 0) is 26.2 Å². The third-order valence-electron chi connectivity index (χ3n) is 5.89. The van der Waals surface area contributed by atoms with Gasteiger partial charge in [0.25, 0.3) is 5.56 Å². The maximum atomic E-state index is 13.3. The second-order valence-electron chi connectivity index (χ2n) is 8.26. The minimum atomic E-state index is -3.97. The third-order valence-corrected chi connectivity index (χ3v) is 7.81. The first-order valence-corrected chi connectivity index (χ1v) is 12.4. The highest BCUT2D eigenvalue weighted by molar-refractivity contribution is 7.89. The van der Waals surface area contributed by atoms with Gasteiger partial charge in [-0.2, -0.15) is 4.31 Å². The average Bonchev–Trinajstić information content (AvgIpc) is 2.82. The van der Waals surface area contributed by atoms with Gasteiger partial charge in [-0.15, -0.1) is 0 Å². The van der Waals surface area contributed by atoms with E-state index in [4.69, 9.17) is 4.74 Å². The molecule has 1 saturated heterocycles. The van der Waals surface area contributed by atoms with Crippen molar-refractivity contribution >= 4 is 27.4 Å². The zero-order chi connectivity index (χ0) is 24.5. The van der Waals surface area contributed by atoms with Crippen LogP contribution in [0.1, 0.15) is 47.9 Å². The van der Waals surface area contributed by atoms with Gasteiger partial charge in [-0.1, -0.05) is 18.2 Å². The number of carbonyl (C=O) groups excluding carboxylic acids is 2. The predicted molar refractivity (Wildman–Crippen MR) is 124 cm³/mol. The van der Waals surface area contributed by atoms with E-state index in [0.717, 1.165) is 10.00 Å². The number of rotatable bonds is 6. The summed E-state index contributed by atoms with van der Waals surface area (Å²) in [6, 6.07) is 11.2.